The van der Waals surface area contributed by atoms with Crippen LogP contribution in [0.5, 0.6) is 0 Å². The second-order valence-electron chi connectivity index (χ2n) is 4.92. The molecule has 0 saturated carbocycles. The van der Waals surface area contributed by atoms with Gasteiger partial charge in [0.25, 0.3) is 11.6 Å². The Morgan fingerprint density at radius 2 is 1.92 bits per heavy atom. The van der Waals surface area contributed by atoms with Crippen molar-refractivity contribution in [1.82, 2.24) is 4.98 Å². The van der Waals surface area contributed by atoms with E-state index in [1.165, 1.54) is 37.4 Å². The summed E-state index contributed by atoms with van der Waals surface area (Å²) in [6.07, 6.45) is 0. The number of carbonyl (C=O) groups excluding carboxylic acids is 2. The van der Waals surface area contributed by atoms with Crippen LogP contribution in [0.25, 0.3) is 10.2 Å². The number of fused-ring (bicyclic) bond motifs is 1. The molecule has 3 rings (SSSR count). The third kappa shape index (κ3) is 3.31. The van der Waals surface area contributed by atoms with E-state index >= 15 is 0 Å². The normalized spacial score (nSPS) is 10.4. The Morgan fingerprint density at radius 1 is 1.20 bits per heavy atom. The number of ether oxygens (including phenoxy) is 1. The molecule has 0 atom stereocenters. The molecule has 0 radical (unpaired) electrons. The van der Waals surface area contributed by atoms with Gasteiger partial charge in [-0.25, -0.2) is 9.78 Å². The molecule has 9 heteroatoms. The maximum Gasteiger partial charge on any atom is 0.338 e. The molecule has 1 heterocycles. The van der Waals surface area contributed by atoms with Gasteiger partial charge in [0.15, 0.2) is 5.13 Å². The zero-order chi connectivity index (χ0) is 18.0. The van der Waals surface area contributed by atoms with Gasteiger partial charge in [-0.3, -0.25) is 20.2 Å². The van der Waals surface area contributed by atoms with Gasteiger partial charge in [0, 0.05) is 12.1 Å². The highest BCUT2D eigenvalue weighted by Gasteiger charge is 2.18. The van der Waals surface area contributed by atoms with Crippen LogP contribution < -0.4 is 5.32 Å². The summed E-state index contributed by atoms with van der Waals surface area (Å²) in [6.45, 7) is 0. The first-order valence-electron chi connectivity index (χ1n) is 7.03. The zero-order valence-electron chi connectivity index (χ0n) is 12.9. The smallest absolute Gasteiger partial charge is 0.338 e. The van der Waals surface area contributed by atoms with Gasteiger partial charge in [0.05, 0.1) is 33.4 Å². The SMILES string of the molecule is COC(=O)c1ccccc1C(=O)Nc1nc2ccc([N+](=O)[O-])cc2s1. The lowest BCUT2D eigenvalue weighted by atomic mass is 10.1. The summed E-state index contributed by atoms with van der Waals surface area (Å²) in [5, 5.41) is 13.7. The number of hydrogen-bond acceptors (Lipinski definition) is 7. The summed E-state index contributed by atoms with van der Waals surface area (Å²) >= 11 is 1.11. The second-order valence-corrected chi connectivity index (χ2v) is 5.95. The lowest BCUT2D eigenvalue weighted by Gasteiger charge is -2.06. The topological polar surface area (TPSA) is 111 Å². The number of benzene rings is 2. The van der Waals surface area contributed by atoms with Crippen LogP contribution in [-0.4, -0.2) is 28.9 Å². The van der Waals surface area contributed by atoms with Crippen molar-refractivity contribution in [3.05, 3.63) is 63.7 Å². The molecule has 0 aliphatic heterocycles. The molecule has 0 saturated heterocycles. The van der Waals surface area contributed by atoms with Gasteiger partial charge in [-0.2, -0.15) is 0 Å². The molecule has 126 valence electrons. The highest BCUT2D eigenvalue weighted by atomic mass is 32.1. The Hall–Kier alpha value is -3.33. The number of carbonyl (C=O) groups is 2. The molecular weight excluding hydrogens is 346 g/mol. The summed E-state index contributed by atoms with van der Waals surface area (Å²) in [7, 11) is 1.23. The van der Waals surface area contributed by atoms with Crippen LogP contribution in [0, 0.1) is 10.1 Å². The maximum absolute atomic E-state index is 12.4. The van der Waals surface area contributed by atoms with Crippen LogP contribution >= 0.6 is 11.3 Å². The Morgan fingerprint density at radius 3 is 2.60 bits per heavy atom. The van der Waals surface area contributed by atoms with E-state index in [0.29, 0.717) is 10.2 Å². The van der Waals surface area contributed by atoms with Gasteiger partial charge in [0.2, 0.25) is 0 Å². The number of nitrogens with zero attached hydrogens (tertiary/aromatic N) is 2. The zero-order valence-corrected chi connectivity index (χ0v) is 13.7. The number of non-ortho nitro benzene ring substituents is 1. The fourth-order valence-corrected chi connectivity index (χ4v) is 3.11. The van der Waals surface area contributed by atoms with Gasteiger partial charge in [-0.15, -0.1) is 0 Å². The van der Waals surface area contributed by atoms with Gasteiger partial charge in [-0.1, -0.05) is 23.5 Å². The number of nitrogens with one attached hydrogen (secondary N) is 1. The first-order chi connectivity index (χ1) is 12.0. The van der Waals surface area contributed by atoms with E-state index in [-0.39, 0.29) is 21.9 Å². The van der Waals surface area contributed by atoms with Crippen LogP contribution in [-0.2, 0) is 4.74 Å². The number of aromatic nitrogens is 1. The molecule has 0 bridgehead atoms. The first kappa shape index (κ1) is 16.5. The maximum atomic E-state index is 12.4. The molecule has 25 heavy (non-hydrogen) atoms. The fourth-order valence-electron chi connectivity index (χ4n) is 2.21. The molecule has 2 aromatic carbocycles. The fraction of sp³-hybridized carbons (Fsp3) is 0.0625. The molecule has 1 aromatic heterocycles. The van der Waals surface area contributed by atoms with Crippen LogP contribution in [0.1, 0.15) is 20.7 Å². The van der Waals surface area contributed by atoms with E-state index in [9.17, 15) is 19.7 Å². The van der Waals surface area contributed by atoms with Crippen molar-refractivity contribution in [2.24, 2.45) is 0 Å². The standard InChI is InChI=1S/C16H11N3O5S/c1-24-15(21)11-5-3-2-4-10(11)14(20)18-16-17-12-7-6-9(19(22)23)8-13(12)25-16/h2-8H,1H3,(H,17,18,20). The quantitative estimate of drug-likeness (QED) is 0.436. The van der Waals surface area contributed by atoms with E-state index in [1.54, 1.807) is 12.1 Å². The molecule has 1 N–H and O–H groups in total. The second kappa shape index (κ2) is 6.65. The minimum Gasteiger partial charge on any atom is -0.465 e. The summed E-state index contributed by atoms with van der Waals surface area (Å²) in [4.78, 5) is 38.7. The lowest BCUT2D eigenvalue weighted by Crippen LogP contribution is -2.16. The largest absolute Gasteiger partial charge is 0.465 e. The van der Waals surface area contributed by atoms with Crippen molar-refractivity contribution in [2.75, 3.05) is 12.4 Å². The van der Waals surface area contributed by atoms with E-state index in [4.69, 9.17) is 0 Å². The van der Waals surface area contributed by atoms with Gasteiger partial charge >= 0.3 is 5.97 Å². The van der Waals surface area contributed by atoms with Crippen LogP contribution in [0.4, 0.5) is 10.8 Å². The number of anilines is 1. The lowest BCUT2D eigenvalue weighted by molar-refractivity contribution is -0.384. The van der Waals surface area contributed by atoms with Crippen molar-refractivity contribution in [3.63, 3.8) is 0 Å². The van der Waals surface area contributed by atoms with E-state index in [1.807, 2.05) is 0 Å². The number of hydrogen-bond donors (Lipinski definition) is 1. The summed E-state index contributed by atoms with van der Waals surface area (Å²) < 4.78 is 5.24. The Bertz CT molecular complexity index is 998. The number of thiazole rings is 1. The number of methoxy groups -OCH3 is 1. The monoisotopic (exact) mass is 357 g/mol. The van der Waals surface area contributed by atoms with E-state index in [0.717, 1.165) is 11.3 Å². The number of esters is 1. The predicted octanol–water partition coefficient (Wildman–Crippen LogP) is 3.24. The number of rotatable bonds is 4. The first-order valence-corrected chi connectivity index (χ1v) is 7.85. The van der Waals surface area contributed by atoms with Crippen LogP contribution in [0.2, 0.25) is 0 Å². The minimum absolute atomic E-state index is 0.0509. The highest BCUT2D eigenvalue weighted by molar-refractivity contribution is 7.22. The third-order valence-electron chi connectivity index (χ3n) is 3.38. The summed E-state index contributed by atoms with van der Waals surface area (Å²) in [5.41, 5.74) is 0.774. The van der Waals surface area contributed by atoms with Gasteiger partial charge < -0.3 is 4.74 Å². The number of nitro groups is 1. The molecule has 3 aromatic rings. The predicted molar refractivity (Wildman–Crippen MR) is 92.0 cm³/mol. The average Bonchev–Trinajstić information content (AvgIpc) is 3.02. The molecular formula is C16H11N3O5S. The Kier molecular flexibility index (Phi) is 4.40. The average molecular weight is 357 g/mol. The molecule has 0 aliphatic carbocycles. The number of nitro benzene ring substituents is 1. The molecule has 1 amide bonds. The summed E-state index contributed by atoms with van der Waals surface area (Å²) in [6, 6.07) is 10.5. The van der Waals surface area contributed by atoms with Gasteiger partial charge in [-0.05, 0) is 18.2 Å². The third-order valence-corrected chi connectivity index (χ3v) is 4.31. The van der Waals surface area contributed by atoms with E-state index < -0.39 is 16.8 Å². The molecule has 0 unspecified atom stereocenters. The Balaban J connectivity index is 1.90. The van der Waals surface area contributed by atoms with Crippen molar-refractivity contribution in [3.8, 4) is 0 Å². The van der Waals surface area contributed by atoms with E-state index in [2.05, 4.69) is 15.0 Å². The molecule has 0 aliphatic rings. The van der Waals surface area contributed by atoms with Crippen LogP contribution in [0.15, 0.2) is 42.5 Å². The highest BCUT2D eigenvalue weighted by Crippen LogP contribution is 2.29. The molecule has 0 spiro atoms. The van der Waals surface area contributed by atoms with Crippen LogP contribution in [0.3, 0.4) is 0 Å². The van der Waals surface area contributed by atoms with Crippen molar-refractivity contribution < 1.29 is 19.2 Å². The Labute approximate surface area is 145 Å². The molecule has 0 fully saturated rings. The summed E-state index contributed by atoms with van der Waals surface area (Å²) in [5.74, 6) is -1.14. The number of amides is 1. The molecule has 8 nitrogen and oxygen atoms in total. The van der Waals surface area contributed by atoms with Crippen molar-refractivity contribution in [2.45, 2.75) is 0 Å². The van der Waals surface area contributed by atoms with Crippen molar-refractivity contribution in [1.29, 1.82) is 0 Å². The van der Waals surface area contributed by atoms with Crippen molar-refractivity contribution >= 4 is 44.2 Å². The minimum atomic E-state index is -0.620. The van der Waals surface area contributed by atoms with Gasteiger partial charge in [0.1, 0.15) is 0 Å².